The van der Waals surface area contributed by atoms with Gasteiger partial charge in [-0.25, -0.2) is 0 Å². The molecule has 0 aromatic heterocycles. The molecule has 0 spiro atoms. The number of carbonyl (C=O) groups excluding carboxylic acids is 1. The fourth-order valence-electron chi connectivity index (χ4n) is 2.38. The Morgan fingerprint density at radius 1 is 0.833 bits per heavy atom. The first kappa shape index (κ1) is 18.0. The van der Waals surface area contributed by atoms with E-state index < -0.39 is 0 Å². The van der Waals surface area contributed by atoms with Crippen molar-refractivity contribution in [1.82, 2.24) is 0 Å². The van der Waals surface area contributed by atoms with E-state index in [1.165, 1.54) is 64.2 Å². The van der Waals surface area contributed by atoms with Gasteiger partial charge in [0.1, 0.15) is 0 Å². The van der Waals surface area contributed by atoms with Gasteiger partial charge in [-0.15, -0.1) is 12.6 Å². The number of carbonyl (C=O) groups is 1. The van der Waals surface area contributed by atoms with Crippen molar-refractivity contribution in [1.29, 1.82) is 0 Å². The summed E-state index contributed by atoms with van der Waals surface area (Å²) in [6.07, 6.45) is 15.5. The van der Waals surface area contributed by atoms with E-state index in [0.717, 1.165) is 12.8 Å². The van der Waals surface area contributed by atoms with E-state index in [0.29, 0.717) is 0 Å². The third kappa shape index (κ3) is 11.1. The van der Waals surface area contributed by atoms with Gasteiger partial charge < -0.3 is 0 Å². The van der Waals surface area contributed by atoms with Crippen LogP contribution in [0.5, 0.6) is 0 Å². The second-order valence-electron chi connectivity index (χ2n) is 5.41. The van der Waals surface area contributed by atoms with Crippen LogP contribution in [-0.2, 0) is 4.79 Å². The van der Waals surface area contributed by atoms with Crippen LogP contribution >= 0.6 is 12.6 Å². The number of rotatable bonds is 13. The van der Waals surface area contributed by atoms with Crippen LogP contribution < -0.4 is 0 Å². The summed E-state index contributed by atoms with van der Waals surface area (Å²) in [6.45, 7) is 4.34. The van der Waals surface area contributed by atoms with Crippen LogP contribution in [-0.4, -0.2) is 5.12 Å². The zero-order valence-corrected chi connectivity index (χ0v) is 13.3. The first-order valence-corrected chi connectivity index (χ1v) is 8.39. The molecular weight excluding hydrogens is 240 g/mol. The molecule has 0 aliphatic rings. The fraction of sp³-hybridized carbons (Fsp3) is 0.938. The number of hydrogen-bond acceptors (Lipinski definition) is 1. The van der Waals surface area contributed by atoms with Crippen LogP contribution in [0.4, 0.5) is 0 Å². The van der Waals surface area contributed by atoms with Crippen molar-refractivity contribution in [3.63, 3.8) is 0 Å². The molecule has 0 saturated carbocycles. The Hall–Kier alpha value is 0.0200. The molecule has 18 heavy (non-hydrogen) atoms. The zero-order chi connectivity index (χ0) is 13.6. The van der Waals surface area contributed by atoms with E-state index in [-0.39, 0.29) is 11.0 Å². The fourth-order valence-corrected chi connectivity index (χ4v) is 2.69. The molecule has 1 atom stereocenters. The van der Waals surface area contributed by atoms with E-state index in [1.54, 1.807) is 0 Å². The molecule has 0 radical (unpaired) electrons. The molecule has 0 aromatic carbocycles. The smallest absolute Gasteiger partial charge is 0.188 e. The predicted molar refractivity (Wildman–Crippen MR) is 84.2 cm³/mol. The Bertz CT molecular complexity index is 192. The van der Waals surface area contributed by atoms with E-state index in [1.807, 2.05) is 0 Å². The highest BCUT2D eigenvalue weighted by Gasteiger charge is 2.11. The lowest BCUT2D eigenvalue weighted by molar-refractivity contribution is -0.114. The monoisotopic (exact) mass is 272 g/mol. The third-order valence-electron chi connectivity index (χ3n) is 3.75. The molecule has 0 fully saturated rings. The molecule has 0 heterocycles. The molecule has 0 rings (SSSR count). The molecule has 1 nitrogen and oxygen atoms in total. The molecule has 0 amide bonds. The normalized spacial score (nSPS) is 12.6. The van der Waals surface area contributed by atoms with Crippen LogP contribution in [0, 0.1) is 5.92 Å². The molecular formula is C16H32OS. The van der Waals surface area contributed by atoms with E-state index in [2.05, 4.69) is 26.5 Å². The first-order chi connectivity index (χ1) is 8.72. The molecule has 0 aliphatic carbocycles. The summed E-state index contributed by atoms with van der Waals surface area (Å²) in [5, 5.41) is 0.0772. The molecule has 0 bridgehead atoms. The zero-order valence-electron chi connectivity index (χ0n) is 12.4. The molecule has 108 valence electrons. The van der Waals surface area contributed by atoms with Gasteiger partial charge in [-0.05, 0) is 12.8 Å². The second-order valence-corrected chi connectivity index (χ2v) is 5.85. The van der Waals surface area contributed by atoms with Gasteiger partial charge in [0.2, 0.25) is 0 Å². The summed E-state index contributed by atoms with van der Waals surface area (Å²) in [5.74, 6) is 0.197. The van der Waals surface area contributed by atoms with Crippen LogP contribution in [0.3, 0.4) is 0 Å². The van der Waals surface area contributed by atoms with Crippen molar-refractivity contribution < 1.29 is 4.79 Å². The average molecular weight is 272 g/mol. The van der Waals surface area contributed by atoms with Gasteiger partial charge in [0, 0.05) is 5.92 Å². The highest BCUT2D eigenvalue weighted by molar-refractivity contribution is 7.96. The summed E-state index contributed by atoms with van der Waals surface area (Å²) in [5.41, 5.74) is 0. The largest absolute Gasteiger partial charge is 0.287 e. The minimum Gasteiger partial charge on any atom is -0.287 e. The highest BCUT2D eigenvalue weighted by Crippen LogP contribution is 2.17. The van der Waals surface area contributed by atoms with Crippen LogP contribution in [0.25, 0.3) is 0 Å². The van der Waals surface area contributed by atoms with E-state index in [9.17, 15) is 4.79 Å². The van der Waals surface area contributed by atoms with Gasteiger partial charge in [0.15, 0.2) is 5.12 Å². The van der Waals surface area contributed by atoms with Crippen molar-refractivity contribution in [2.24, 2.45) is 5.92 Å². The van der Waals surface area contributed by atoms with Gasteiger partial charge in [0.05, 0.1) is 0 Å². The topological polar surface area (TPSA) is 17.1 Å². The van der Waals surface area contributed by atoms with Gasteiger partial charge in [-0.1, -0.05) is 78.1 Å². The van der Waals surface area contributed by atoms with E-state index in [4.69, 9.17) is 0 Å². The Labute approximate surface area is 120 Å². The van der Waals surface area contributed by atoms with Crippen LogP contribution in [0.15, 0.2) is 0 Å². The first-order valence-electron chi connectivity index (χ1n) is 7.95. The second kappa shape index (κ2) is 13.5. The van der Waals surface area contributed by atoms with Crippen molar-refractivity contribution >= 4 is 17.7 Å². The third-order valence-corrected chi connectivity index (χ3v) is 4.11. The maximum atomic E-state index is 11.1. The SMILES string of the molecule is CCCCCCCCCCCCC(CC)C(=O)S. The van der Waals surface area contributed by atoms with Crippen molar-refractivity contribution in [2.75, 3.05) is 0 Å². The maximum Gasteiger partial charge on any atom is 0.188 e. The van der Waals surface area contributed by atoms with Crippen molar-refractivity contribution in [3.8, 4) is 0 Å². The Kier molecular flexibility index (Phi) is 13.5. The summed E-state index contributed by atoms with van der Waals surface area (Å²) in [4.78, 5) is 11.1. The minimum absolute atomic E-state index is 0.0772. The van der Waals surface area contributed by atoms with Crippen LogP contribution in [0.1, 0.15) is 90.9 Å². The molecule has 0 N–H and O–H groups in total. The molecule has 1 unspecified atom stereocenters. The highest BCUT2D eigenvalue weighted by atomic mass is 32.1. The van der Waals surface area contributed by atoms with Crippen LogP contribution in [0.2, 0.25) is 0 Å². The van der Waals surface area contributed by atoms with Crippen molar-refractivity contribution in [2.45, 2.75) is 90.9 Å². The quantitative estimate of drug-likeness (QED) is 0.332. The number of unbranched alkanes of at least 4 members (excludes halogenated alkanes) is 9. The Balaban J connectivity index is 3.18. The molecule has 0 aromatic rings. The van der Waals surface area contributed by atoms with Crippen molar-refractivity contribution in [3.05, 3.63) is 0 Å². The standard InChI is InChI=1S/C16H32OS/c1-3-5-6-7-8-9-10-11-12-13-14-15(4-2)16(17)18/h15H,3-14H2,1-2H3,(H,17,18). The molecule has 0 saturated heterocycles. The maximum absolute atomic E-state index is 11.1. The van der Waals surface area contributed by atoms with E-state index >= 15 is 0 Å². The van der Waals surface area contributed by atoms with Gasteiger partial charge in [-0.3, -0.25) is 4.79 Å². The summed E-state index contributed by atoms with van der Waals surface area (Å²) < 4.78 is 0. The lowest BCUT2D eigenvalue weighted by Crippen LogP contribution is -2.07. The lowest BCUT2D eigenvalue weighted by Gasteiger charge is -2.09. The minimum atomic E-state index is 0.0772. The summed E-state index contributed by atoms with van der Waals surface area (Å²) >= 11 is 3.93. The van der Waals surface area contributed by atoms with Gasteiger partial charge in [0.25, 0.3) is 0 Å². The molecule has 0 aliphatic heterocycles. The van der Waals surface area contributed by atoms with Gasteiger partial charge in [-0.2, -0.15) is 0 Å². The average Bonchev–Trinajstić information content (AvgIpc) is 2.35. The number of thiol groups is 1. The molecule has 2 heteroatoms. The predicted octanol–water partition coefficient (Wildman–Crippen LogP) is 5.78. The number of hydrogen-bond donors (Lipinski definition) is 1. The summed E-state index contributed by atoms with van der Waals surface area (Å²) in [6, 6.07) is 0. The Morgan fingerprint density at radius 3 is 1.67 bits per heavy atom. The summed E-state index contributed by atoms with van der Waals surface area (Å²) in [7, 11) is 0. The lowest BCUT2D eigenvalue weighted by atomic mass is 9.99. The van der Waals surface area contributed by atoms with Gasteiger partial charge >= 0.3 is 0 Å². The Morgan fingerprint density at radius 2 is 1.28 bits per heavy atom.